The van der Waals surface area contributed by atoms with E-state index < -0.39 is 77.9 Å². The van der Waals surface area contributed by atoms with Gasteiger partial charge in [0.15, 0.2) is 23.0 Å². The highest BCUT2D eigenvalue weighted by Gasteiger charge is 2.53. The minimum absolute atomic E-state index is 0.0521. The van der Waals surface area contributed by atoms with Crippen LogP contribution in [0, 0.1) is 0 Å². The molecule has 0 aliphatic rings. The molecule has 296 valence electrons. The number of para-hydroxylation sites is 1. The predicted octanol–water partition coefficient (Wildman–Crippen LogP) is 4.88. The lowest BCUT2D eigenvalue weighted by atomic mass is 9.84. The van der Waals surface area contributed by atoms with E-state index in [1.54, 1.807) is 66.7 Å². The lowest BCUT2D eigenvalue weighted by Gasteiger charge is -2.35. The van der Waals surface area contributed by atoms with Crippen LogP contribution in [0.15, 0.2) is 103 Å². The Hall–Kier alpha value is -7.79. The van der Waals surface area contributed by atoms with Crippen molar-refractivity contribution in [3.63, 3.8) is 0 Å². The summed E-state index contributed by atoms with van der Waals surface area (Å²) in [6.07, 6.45) is 0.405. The number of ether oxygens (including phenoxy) is 3. The third kappa shape index (κ3) is 8.38. The predicted molar refractivity (Wildman–Crippen MR) is 204 cm³/mol. The van der Waals surface area contributed by atoms with Crippen LogP contribution in [0.25, 0.3) is 21.5 Å². The first-order valence-corrected chi connectivity index (χ1v) is 17.3. The fourth-order valence-electron chi connectivity index (χ4n) is 6.23. The van der Waals surface area contributed by atoms with Crippen molar-refractivity contribution in [3.05, 3.63) is 120 Å². The molecule has 6 aromatic rings. The highest BCUT2D eigenvalue weighted by molar-refractivity contribution is 6.06. The van der Waals surface area contributed by atoms with Gasteiger partial charge in [-0.25, -0.2) is 14.6 Å². The molecule has 2 aromatic heterocycles. The van der Waals surface area contributed by atoms with Gasteiger partial charge in [0.05, 0.1) is 13.7 Å². The van der Waals surface area contributed by atoms with Gasteiger partial charge in [0.1, 0.15) is 34.4 Å². The van der Waals surface area contributed by atoms with Crippen molar-refractivity contribution in [2.24, 2.45) is 0 Å². The Morgan fingerprint density at radius 1 is 0.707 bits per heavy atom. The van der Waals surface area contributed by atoms with E-state index in [9.17, 15) is 49.5 Å². The molecule has 0 aliphatic carbocycles. The molecule has 0 radical (unpaired) electrons. The molecule has 0 bridgehead atoms. The van der Waals surface area contributed by atoms with E-state index in [-0.39, 0.29) is 10.9 Å². The SMILES string of the molecule is COc1ccc(Oc2ccc3c(O)c(C(=O)NC(CCC(=O)O)(C(=O)O)C(NC(=O)c4ncc5cc(Oc6ccccc6)ccc5c4CO)C(=O)O)ncc3c2)cc1. The number of benzene rings is 4. The van der Waals surface area contributed by atoms with Gasteiger partial charge in [0.2, 0.25) is 0 Å². The molecule has 2 atom stereocenters. The summed E-state index contributed by atoms with van der Waals surface area (Å²) in [5.41, 5.74) is -4.31. The zero-order valence-electron chi connectivity index (χ0n) is 30.4. The van der Waals surface area contributed by atoms with Gasteiger partial charge in [-0.1, -0.05) is 24.3 Å². The van der Waals surface area contributed by atoms with Crippen LogP contribution in [0.1, 0.15) is 39.4 Å². The Labute approximate surface area is 328 Å². The van der Waals surface area contributed by atoms with E-state index in [4.69, 9.17) is 14.2 Å². The van der Waals surface area contributed by atoms with Gasteiger partial charge in [-0.3, -0.25) is 19.4 Å². The first kappa shape index (κ1) is 39.9. The van der Waals surface area contributed by atoms with Crippen LogP contribution in [0.4, 0.5) is 0 Å². The largest absolute Gasteiger partial charge is 0.505 e. The molecule has 0 saturated heterocycles. The van der Waals surface area contributed by atoms with Crippen LogP contribution in [-0.4, -0.2) is 83.9 Å². The molecule has 0 fully saturated rings. The van der Waals surface area contributed by atoms with Crippen LogP contribution < -0.4 is 24.8 Å². The Kier molecular flexibility index (Phi) is 11.6. The van der Waals surface area contributed by atoms with E-state index in [1.807, 2.05) is 11.4 Å². The van der Waals surface area contributed by atoms with Crippen molar-refractivity contribution in [3.8, 4) is 34.5 Å². The number of amides is 2. The van der Waals surface area contributed by atoms with Crippen molar-refractivity contribution in [1.82, 2.24) is 20.6 Å². The number of hydrogen-bond donors (Lipinski definition) is 7. The first-order valence-electron chi connectivity index (χ1n) is 17.3. The van der Waals surface area contributed by atoms with E-state index >= 15 is 0 Å². The summed E-state index contributed by atoms with van der Waals surface area (Å²) in [5.74, 6) is -6.59. The van der Waals surface area contributed by atoms with Gasteiger partial charge in [0.25, 0.3) is 11.8 Å². The van der Waals surface area contributed by atoms with Gasteiger partial charge in [0, 0.05) is 40.5 Å². The number of carbonyl (C=O) groups is 5. The van der Waals surface area contributed by atoms with Gasteiger partial charge in [-0.2, -0.15) is 0 Å². The van der Waals surface area contributed by atoms with Crippen molar-refractivity contribution >= 4 is 51.3 Å². The molecular formula is C41H34N4O13. The quantitative estimate of drug-likeness (QED) is 0.0689. The Bertz CT molecular complexity index is 2550. The number of nitrogens with one attached hydrogen (secondary N) is 2. The lowest BCUT2D eigenvalue weighted by Crippen LogP contribution is -2.69. The van der Waals surface area contributed by atoms with Crippen LogP contribution in [0.3, 0.4) is 0 Å². The number of carboxylic acid groups (broad SMARTS) is 3. The monoisotopic (exact) mass is 790 g/mol. The second-order valence-electron chi connectivity index (χ2n) is 12.8. The topological polar surface area (TPSA) is 264 Å². The number of fused-ring (bicyclic) bond motifs is 2. The second kappa shape index (κ2) is 16.9. The summed E-state index contributed by atoms with van der Waals surface area (Å²) in [5, 5.41) is 57.1. The maximum Gasteiger partial charge on any atom is 0.332 e. The number of rotatable bonds is 16. The molecule has 6 rings (SSSR count). The number of aromatic hydroxyl groups is 1. The van der Waals surface area contributed by atoms with Crippen LogP contribution in [-0.2, 0) is 21.0 Å². The number of aromatic nitrogens is 2. The average Bonchev–Trinajstić information content (AvgIpc) is 3.21. The Balaban J connectivity index is 1.30. The van der Waals surface area contributed by atoms with E-state index in [1.165, 1.54) is 37.7 Å². The van der Waals surface area contributed by atoms with Crippen LogP contribution in [0.2, 0.25) is 0 Å². The Morgan fingerprint density at radius 3 is 1.83 bits per heavy atom. The number of methoxy groups -OCH3 is 1. The molecule has 2 amide bonds. The second-order valence-corrected chi connectivity index (χ2v) is 12.8. The van der Waals surface area contributed by atoms with Crippen molar-refractivity contribution < 1.29 is 63.7 Å². The number of pyridine rings is 2. The molecular weight excluding hydrogens is 756 g/mol. The molecule has 7 N–H and O–H groups in total. The van der Waals surface area contributed by atoms with Gasteiger partial charge in [-0.15, -0.1) is 0 Å². The summed E-state index contributed by atoms with van der Waals surface area (Å²) in [6, 6.07) is 22.1. The molecule has 17 nitrogen and oxygen atoms in total. The lowest BCUT2D eigenvalue weighted by molar-refractivity contribution is -0.154. The molecule has 0 spiro atoms. The van der Waals surface area contributed by atoms with Crippen molar-refractivity contribution in [2.75, 3.05) is 7.11 Å². The zero-order valence-corrected chi connectivity index (χ0v) is 30.4. The number of aliphatic hydroxyl groups excluding tert-OH is 1. The number of hydrogen-bond acceptors (Lipinski definition) is 12. The van der Waals surface area contributed by atoms with Crippen LogP contribution in [0.5, 0.6) is 34.5 Å². The highest BCUT2D eigenvalue weighted by atomic mass is 16.5. The van der Waals surface area contributed by atoms with E-state index in [0.29, 0.717) is 44.9 Å². The number of aliphatic hydroxyl groups is 1. The summed E-state index contributed by atoms with van der Waals surface area (Å²) in [4.78, 5) is 73.2. The summed E-state index contributed by atoms with van der Waals surface area (Å²) in [6.45, 7) is -0.758. The first-order chi connectivity index (χ1) is 27.8. The molecule has 4 aromatic carbocycles. The maximum absolute atomic E-state index is 13.8. The fourth-order valence-corrected chi connectivity index (χ4v) is 6.23. The summed E-state index contributed by atoms with van der Waals surface area (Å²) >= 11 is 0. The number of carboxylic acids is 3. The average molecular weight is 791 g/mol. The van der Waals surface area contributed by atoms with E-state index in [2.05, 4.69) is 15.3 Å². The zero-order chi connectivity index (χ0) is 41.6. The van der Waals surface area contributed by atoms with Gasteiger partial charge >= 0.3 is 17.9 Å². The fraction of sp³-hybridized carbons (Fsp3) is 0.146. The van der Waals surface area contributed by atoms with Gasteiger partial charge in [-0.05, 0) is 78.5 Å². The molecule has 0 aliphatic heterocycles. The highest BCUT2D eigenvalue weighted by Crippen LogP contribution is 2.33. The standard InChI is InChI=1S/C41H34N4O13/c1-56-24-7-9-26(10-8-24)58-28-12-14-30-23(18-28)20-43-34(35(30)49)38(51)45-41(40(54)55,16-15-32(47)48)36(39(52)53)44-37(50)33-31(21-46)29-13-11-27(17-22(29)19-42-33)57-25-5-3-2-4-6-25/h2-14,17-20,36,46,49H,15-16,21H2,1H3,(H,44,50)(H,45,51)(H,47,48)(H,52,53)(H,54,55). The smallest absolute Gasteiger partial charge is 0.332 e. The molecule has 17 heteroatoms. The summed E-state index contributed by atoms with van der Waals surface area (Å²) in [7, 11) is 1.52. The molecule has 2 heterocycles. The maximum atomic E-state index is 13.8. The molecule has 2 unspecified atom stereocenters. The third-order valence-electron chi connectivity index (χ3n) is 9.13. The number of nitrogens with zero attached hydrogens (tertiary/aromatic N) is 2. The minimum atomic E-state index is -3.05. The van der Waals surface area contributed by atoms with Crippen LogP contribution >= 0.6 is 0 Å². The minimum Gasteiger partial charge on any atom is -0.505 e. The van der Waals surface area contributed by atoms with Crippen molar-refractivity contribution in [1.29, 1.82) is 0 Å². The molecule has 0 saturated carbocycles. The Morgan fingerprint density at radius 2 is 1.26 bits per heavy atom. The number of aliphatic carboxylic acids is 3. The van der Waals surface area contributed by atoms with Gasteiger partial charge < -0.3 is 50.4 Å². The molecule has 58 heavy (non-hydrogen) atoms. The third-order valence-corrected chi connectivity index (χ3v) is 9.13. The normalized spacial score (nSPS) is 12.5. The van der Waals surface area contributed by atoms with E-state index in [0.717, 1.165) is 0 Å². The van der Waals surface area contributed by atoms with Crippen molar-refractivity contribution in [2.45, 2.75) is 31.0 Å². The number of carbonyl (C=O) groups excluding carboxylic acids is 2. The summed E-state index contributed by atoms with van der Waals surface area (Å²) < 4.78 is 16.8.